The average Bonchev–Trinajstić information content (AvgIpc) is 2.99. The van der Waals surface area contributed by atoms with Gasteiger partial charge in [0.25, 0.3) is 0 Å². The van der Waals surface area contributed by atoms with Crippen LogP contribution in [-0.2, 0) is 11.2 Å². The number of aromatic nitrogens is 2. The maximum atomic E-state index is 12.0. The van der Waals surface area contributed by atoms with E-state index in [1.54, 1.807) is 4.90 Å². The predicted octanol–water partition coefficient (Wildman–Crippen LogP) is 3.92. The minimum Gasteiger partial charge on any atom is -0.372 e. The molecule has 146 valence electrons. The molecule has 0 bridgehead atoms. The zero-order valence-electron chi connectivity index (χ0n) is 16.5. The van der Waals surface area contributed by atoms with Gasteiger partial charge in [-0.1, -0.05) is 24.9 Å². The number of carbonyl (C=O) groups excluding carboxylic acids is 1. The topological polar surface area (TPSA) is 62.5 Å². The fraction of sp³-hybridized carbons (Fsp3) is 0.571. The summed E-state index contributed by atoms with van der Waals surface area (Å²) >= 11 is 0. The van der Waals surface area contributed by atoms with Gasteiger partial charge in [-0.25, -0.2) is 0 Å². The van der Waals surface area contributed by atoms with Gasteiger partial charge in [-0.2, -0.15) is 4.98 Å². The van der Waals surface area contributed by atoms with Gasteiger partial charge in [-0.3, -0.25) is 4.79 Å². The zero-order valence-corrected chi connectivity index (χ0v) is 16.5. The second kappa shape index (κ2) is 9.53. The van der Waals surface area contributed by atoms with Crippen molar-refractivity contribution < 1.29 is 9.32 Å². The van der Waals surface area contributed by atoms with E-state index in [1.807, 2.05) is 7.05 Å². The lowest BCUT2D eigenvalue weighted by Gasteiger charge is -2.22. The van der Waals surface area contributed by atoms with Crippen LogP contribution in [0.5, 0.6) is 0 Å². The van der Waals surface area contributed by atoms with E-state index in [9.17, 15) is 4.79 Å². The molecule has 0 unspecified atom stereocenters. The molecule has 27 heavy (non-hydrogen) atoms. The Morgan fingerprint density at radius 1 is 1.15 bits per heavy atom. The van der Waals surface area contributed by atoms with Crippen molar-refractivity contribution in [3.8, 4) is 11.4 Å². The van der Waals surface area contributed by atoms with Crippen molar-refractivity contribution in [2.45, 2.75) is 51.9 Å². The normalized spacial score (nSPS) is 14.8. The molecule has 1 aromatic heterocycles. The molecule has 2 heterocycles. The third kappa shape index (κ3) is 5.31. The second-order valence-electron chi connectivity index (χ2n) is 7.28. The smallest absolute Gasteiger partial charge is 0.227 e. The lowest BCUT2D eigenvalue weighted by Crippen LogP contribution is -2.27. The van der Waals surface area contributed by atoms with Gasteiger partial charge in [-0.05, 0) is 43.5 Å². The van der Waals surface area contributed by atoms with E-state index < -0.39 is 0 Å². The monoisotopic (exact) mass is 370 g/mol. The molecule has 0 N–H and O–H groups in total. The number of hydrogen-bond donors (Lipinski definition) is 0. The molecule has 6 nitrogen and oxygen atoms in total. The first kappa shape index (κ1) is 19.4. The Hall–Kier alpha value is -2.37. The van der Waals surface area contributed by atoms with Crippen molar-refractivity contribution in [1.82, 2.24) is 15.0 Å². The second-order valence-corrected chi connectivity index (χ2v) is 7.28. The maximum absolute atomic E-state index is 12.0. The van der Waals surface area contributed by atoms with Gasteiger partial charge in [-0.15, -0.1) is 0 Å². The number of aryl methyl sites for hydroxylation is 1. The number of nitrogens with zero attached hydrogens (tertiary/aromatic N) is 4. The Labute approximate surface area is 161 Å². The quantitative estimate of drug-likeness (QED) is 0.739. The van der Waals surface area contributed by atoms with Crippen LogP contribution in [0.25, 0.3) is 11.4 Å². The van der Waals surface area contributed by atoms with Gasteiger partial charge in [0.05, 0.1) is 0 Å². The third-order valence-electron chi connectivity index (χ3n) is 5.10. The van der Waals surface area contributed by atoms with Crippen LogP contribution in [0.1, 0.15) is 51.3 Å². The molecule has 0 radical (unpaired) electrons. The molecule has 1 aromatic carbocycles. The fourth-order valence-electron chi connectivity index (χ4n) is 3.49. The van der Waals surface area contributed by atoms with Gasteiger partial charge in [0.1, 0.15) is 0 Å². The number of rotatable bonds is 7. The Bertz CT molecular complexity index is 718. The van der Waals surface area contributed by atoms with E-state index in [4.69, 9.17) is 4.52 Å². The third-order valence-corrected chi connectivity index (χ3v) is 5.10. The van der Waals surface area contributed by atoms with E-state index >= 15 is 0 Å². The van der Waals surface area contributed by atoms with Crippen LogP contribution < -0.4 is 4.90 Å². The van der Waals surface area contributed by atoms with Crippen molar-refractivity contribution >= 4 is 11.6 Å². The molecular formula is C21H30N4O2. The Balaban J connectivity index is 1.58. The molecule has 1 aliphatic rings. The number of anilines is 1. The first-order valence-corrected chi connectivity index (χ1v) is 10.1. The van der Waals surface area contributed by atoms with E-state index in [2.05, 4.69) is 46.2 Å². The standard InChI is InChI=1S/C21H30N4O2/c1-3-14-24(2)20(26)13-12-19-22-21(23-27-19)17-8-10-18(11-9-17)25-15-6-4-5-7-16-25/h8-11H,3-7,12-16H2,1-2H3. The van der Waals surface area contributed by atoms with Crippen LogP contribution in [0.2, 0.25) is 0 Å². The summed E-state index contributed by atoms with van der Waals surface area (Å²) in [6.07, 6.45) is 7.02. The summed E-state index contributed by atoms with van der Waals surface area (Å²) in [6, 6.07) is 8.38. The highest BCUT2D eigenvalue weighted by Crippen LogP contribution is 2.23. The molecular weight excluding hydrogens is 340 g/mol. The first-order chi connectivity index (χ1) is 13.2. The van der Waals surface area contributed by atoms with Gasteiger partial charge < -0.3 is 14.3 Å². The summed E-state index contributed by atoms with van der Waals surface area (Å²) in [4.78, 5) is 20.7. The highest BCUT2D eigenvalue weighted by atomic mass is 16.5. The largest absolute Gasteiger partial charge is 0.372 e. The molecule has 2 aromatic rings. The van der Waals surface area contributed by atoms with Crippen LogP contribution in [0, 0.1) is 0 Å². The SMILES string of the molecule is CCCN(C)C(=O)CCc1nc(-c2ccc(N3CCCCCC3)cc2)no1. The van der Waals surface area contributed by atoms with Crippen LogP contribution in [-0.4, -0.2) is 47.6 Å². The van der Waals surface area contributed by atoms with Crippen LogP contribution in [0.4, 0.5) is 5.69 Å². The number of hydrogen-bond acceptors (Lipinski definition) is 5. The summed E-state index contributed by atoms with van der Waals surface area (Å²) < 4.78 is 5.33. The maximum Gasteiger partial charge on any atom is 0.227 e. The zero-order chi connectivity index (χ0) is 19.1. The van der Waals surface area contributed by atoms with Crippen LogP contribution in [0.3, 0.4) is 0 Å². The van der Waals surface area contributed by atoms with Crippen molar-refractivity contribution in [3.05, 3.63) is 30.2 Å². The molecule has 6 heteroatoms. The summed E-state index contributed by atoms with van der Waals surface area (Å²) in [5.41, 5.74) is 2.20. The Kier molecular flexibility index (Phi) is 6.85. The van der Waals surface area contributed by atoms with E-state index in [1.165, 1.54) is 31.4 Å². The van der Waals surface area contributed by atoms with E-state index in [0.29, 0.717) is 24.6 Å². The van der Waals surface area contributed by atoms with Crippen molar-refractivity contribution in [2.24, 2.45) is 0 Å². The Morgan fingerprint density at radius 2 is 1.85 bits per heavy atom. The lowest BCUT2D eigenvalue weighted by molar-refractivity contribution is -0.129. The van der Waals surface area contributed by atoms with Crippen molar-refractivity contribution in [3.63, 3.8) is 0 Å². The molecule has 1 aliphatic heterocycles. The molecule has 1 fully saturated rings. The van der Waals surface area contributed by atoms with Gasteiger partial charge in [0.15, 0.2) is 0 Å². The minimum absolute atomic E-state index is 0.110. The molecule has 1 amide bonds. The van der Waals surface area contributed by atoms with Crippen molar-refractivity contribution in [2.75, 3.05) is 31.6 Å². The molecule has 0 atom stereocenters. The highest BCUT2D eigenvalue weighted by Gasteiger charge is 2.14. The van der Waals surface area contributed by atoms with Crippen LogP contribution >= 0.6 is 0 Å². The van der Waals surface area contributed by atoms with Gasteiger partial charge in [0, 0.05) is 50.8 Å². The minimum atomic E-state index is 0.110. The number of amides is 1. The van der Waals surface area contributed by atoms with E-state index in [-0.39, 0.29) is 5.91 Å². The Morgan fingerprint density at radius 3 is 2.52 bits per heavy atom. The number of carbonyl (C=O) groups is 1. The fourth-order valence-corrected chi connectivity index (χ4v) is 3.49. The van der Waals surface area contributed by atoms with Gasteiger partial charge in [0.2, 0.25) is 17.6 Å². The summed E-state index contributed by atoms with van der Waals surface area (Å²) in [7, 11) is 1.83. The molecule has 0 spiro atoms. The molecule has 3 rings (SSSR count). The average molecular weight is 370 g/mol. The molecule has 0 saturated carbocycles. The van der Waals surface area contributed by atoms with Crippen LogP contribution in [0.15, 0.2) is 28.8 Å². The van der Waals surface area contributed by atoms with Crippen molar-refractivity contribution in [1.29, 1.82) is 0 Å². The molecule has 0 aliphatic carbocycles. The molecule has 1 saturated heterocycles. The lowest BCUT2D eigenvalue weighted by atomic mass is 10.2. The number of benzene rings is 1. The first-order valence-electron chi connectivity index (χ1n) is 10.1. The van der Waals surface area contributed by atoms with E-state index in [0.717, 1.165) is 31.6 Å². The summed E-state index contributed by atoms with van der Waals surface area (Å²) in [5.74, 6) is 1.21. The predicted molar refractivity (Wildman–Crippen MR) is 107 cm³/mol. The summed E-state index contributed by atoms with van der Waals surface area (Å²) in [5, 5.41) is 4.08. The highest BCUT2D eigenvalue weighted by molar-refractivity contribution is 5.76. The van der Waals surface area contributed by atoms with Gasteiger partial charge >= 0.3 is 0 Å². The summed E-state index contributed by atoms with van der Waals surface area (Å²) in [6.45, 7) is 5.10.